The quantitative estimate of drug-likeness (QED) is 0.336. The molecule has 1 fully saturated rings. The van der Waals surface area contributed by atoms with Crippen LogP contribution in [0.5, 0.6) is 5.75 Å². The number of benzene rings is 1. The van der Waals surface area contributed by atoms with Crippen molar-refractivity contribution in [3.8, 4) is 5.75 Å². The van der Waals surface area contributed by atoms with E-state index in [1.54, 1.807) is 13.4 Å². The third-order valence-corrected chi connectivity index (χ3v) is 5.34. The third kappa shape index (κ3) is 6.58. The number of guanidine groups is 1. The predicted molar refractivity (Wildman–Crippen MR) is 130 cm³/mol. The number of nitrogens with zero attached hydrogens (tertiary/aromatic N) is 5. The molecule has 1 N–H and O–H groups in total. The molecular weight excluding hydrogens is 495 g/mol. The molecule has 1 unspecified atom stereocenters. The fraction of sp³-hybridized carbons (Fsp3) is 0.524. The van der Waals surface area contributed by atoms with Crippen molar-refractivity contribution in [2.24, 2.45) is 4.99 Å². The first-order valence-electron chi connectivity index (χ1n) is 9.98. The van der Waals surface area contributed by atoms with Gasteiger partial charge in [-0.1, -0.05) is 17.3 Å². The van der Waals surface area contributed by atoms with Gasteiger partial charge in [0.15, 0.2) is 5.96 Å². The zero-order chi connectivity index (χ0) is 20.6. The van der Waals surface area contributed by atoms with Crippen molar-refractivity contribution in [1.29, 1.82) is 0 Å². The van der Waals surface area contributed by atoms with Gasteiger partial charge in [0.1, 0.15) is 12.0 Å². The van der Waals surface area contributed by atoms with Gasteiger partial charge in [0, 0.05) is 52.4 Å². The van der Waals surface area contributed by atoms with E-state index in [1.165, 1.54) is 5.56 Å². The second-order valence-corrected chi connectivity index (χ2v) is 7.43. The molecule has 0 amide bonds. The van der Waals surface area contributed by atoms with Crippen LogP contribution in [0.1, 0.15) is 17.3 Å². The van der Waals surface area contributed by atoms with Crippen LogP contribution in [0, 0.1) is 0 Å². The van der Waals surface area contributed by atoms with Crippen molar-refractivity contribution in [1.82, 2.24) is 25.2 Å². The molecule has 1 aromatic carbocycles. The Morgan fingerprint density at radius 2 is 1.90 bits per heavy atom. The van der Waals surface area contributed by atoms with Crippen LogP contribution in [0.15, 0.2) is 46.1 Å². The van der Waals surface area contributed by atoms with Gasteiger partial charge in [0.25, 0.3) is 0 Å². The van der Waals surface area contributed by atoms with Crippen LogP contribution in [0.25, 0.3) is 0 Å². The molecule has 2 aromatic rings. The lowest BCUT2D eigenvalue weighted by Gasteiger charge is -2.37. The number of halogens is 1. The van der Waals surface area contributed by atoms with Gasteiger partial charge in [-0.15, -0.1) is 24.0 Å². The predicted octanol–water partition coefficient (Wildman–Crippen LogP) is 2.30. The first-order valence-corrected chi connectivity index (χ1v) is 9.98. The van der Waals surface area contributed by atoms with E-state index in [2.05, 4.69) is 56.4 Å². The fourth-order valence-electron chi connectivity index (χ4n) is 3.61. The highest BCUT2D eigenvalue weighted by molar-refractivity contribution is 14.0. The number of piperazine rings is 1. The number of hydrogen-bond donors (Lipinski definition) is 1. The normalized spacial score (nSPS) is 16.3. The third-order valence-electron chi connectivity index (χ3n) is 5.34. The van der Waals surface area contributed by atoms with Gasteiger partial charge in [-0.2, -0.15) is 0 Å². The van der Waals surface area contributed by atoms with Gasteiger partial charge in [-0.05, 0) is 31.8 Å². The lowest BCUT2D eigenvalue weighted by Crippen LogP contribution is -2.53. The van der Waals surface area contributed by atoms with Crippen molar-refractivity contribution in [2.45, 2.75) is 12.6 Å². The average Bonchev–Trinajstić information content (AvgIpc) is 3.25. The summed E-state index contributed by atoms with van der Waals surface area (Å²) in [5, 5.41) is 7.57. The van der Waals surface area contributed by atoms with Crippen LogP contribution >= 0.6 is 24.0 Å². The largest absolute Gasteiger partial charge is 0.497 e. The summed E-state index contributed by atoms with van der Waals surface area (Å²) in [4.78, 5) is 11.4. The first-order chi connectivity index (χ1) is 14.1. The Balaban J connectivity index is 0.00000320. The van der Waals surface area contributed by atoms with E-state index in [9.17, 15) is 0 Å². The van der Waals surface area contributed by atoms with E-state index in [0.717, 1.165) is 56.7 Å². The van der Waals surface area contributed by atoms with E-state index in [-0.39, 0.29) is 30.0 Å². The minimum absolute atomic E-state index is 0. The highest BCUT2D eigenvalue weighted by atomic mass is 127. The lowest BCUT2D eigenvalue weighted by molar-refractivity contribution is 0.168. The molecule has 1 aliphatic heterocycles. The maximum absolute atomic E-state index is 5.28. The summed E-state index contributed by atoms with van der Waals surface area (Å²) < 4.78 is 10.2. The van der Waals surface area contributed by atoms with Gasteiger partial charge < -0.3 is 24.4 Å². The average molecular weight is 528 g/mol. The molecule has 0 aliphatic carbocycles. The van der Waals surface area contributed by atoms with Gasteiger partial charge in [0.05, 0.1) is 18.8 Å². The fourth-order valence-corrected chi connectivity index (χ4v) is 3.61. The van der Waals surface area contributed by atoms with Crippen molar-refractivity contribution in [3.05, 3.63) is 47.9 Å². The molecule has 3 rings (SSSR count). The van der Waals surface area contributed by atoms with E-state index >= 15 is 0 Å². The number of nitrogens with one attached hydrogen (secondary N) is 1. The molecule has 8 nitrogen and oxygen atoms in total. The Labute approximate surface area is 196 Å². The van der Waals surface area contributed by atoms with Crippen LogP contribution in [-0.2, 0) is 6.54 Å². The number of methoxy groups -OCH3 is 1. The summed E-state index contributed by atoms with van der Waals surface area (Å²) in [5.74, 6) is 1.82. The van der Waals surface area contributed by atoms with Crippen LogP contribution in [0.4, 0.5) is 0 Å². The highest BCUT2D eigenvalue weighted by Crippen LogP contribution is 2.21. The Kier molecular flexibility index (Phi) is 9.86. The minimum atomic E-state index is 0. The van der Waals surface area contributed by atoms with Crippen molar-refractivity contribution in [2.75, 3.05) is 61.0 Å². The molecule has 166 valence electrons. The Hall–Kier alpha value is -1.85. The topological polar surface area (TPSA) is 69.4 Å². The molecule has 1 aliphatic rings. The minimum Gasteiger partial charge on any atom is -0.497 e. The van der Waals surface area contributed by atoms with Crippen molar-refractivity contribution >= 4 is 29.9 Å². The van der Waals surface area contributed by atoms with Gasteiger partial charge >= 0.3 is 0 Å². The maximum Gasteiger partial charge on any atom is 0.193 e. The summed E-state index contributed by atoms with van der Waals surface area (Å²) >= 11 is 0. The second-order valence-electron chi connectivity index (χ2n) is 7.43. The molecule has 1 atom stereocenters. The Morgan fingerprint density at radius 1 is 1.20 bits per heavy atom. The number of likely N-dealkylation sites (N-methyl/N-ethyl adjacent to an activating group) is 1. The van der Waals surface area contributed by atoms with Crippen LogP contribution < -0.4 is 10.1 Å². The van der Waals surface area contributed by atoms with Crippen molar-refractivity contribution in [3.63, 3.8) is 0 Å². The standard InChI is InChI=1S/C21H32N6O2.HI/c1-22-21(27-12-10-26(11-13-27)16-18-9-14-29-24-18)23-15-20(25(2)3)17-5-7-19(28-4)8-6-17;/h5-9,14,20H,10-13,15-16H2,1-4H3,(H,22,23);1H. The van der Waals surface area contributed by atoms with E-state index in [1.807, 2.05) is 25.2 Å². The zero-order valence-corrected chi connectivity index (χ0v) is 20.6. The number of rotatable bonds is 7. The monoisotopic (exact) mass is 528 g/mol. The summed E-state index contributed by atoms with van der Waals surface area (Å²) in [6.07, 6.45) is 1.63. The Morgan fingerprint density at radius 3 is 2.43 bits per heavy atom. The van der Waals surface area contributed by atoms with Gasteiger partial charge in [-0.25, -0.2) is 0 Å². The van der Waals surface area contributed by atoms with Gasteiger partial charge in [0.2, 0.25) is 0 Å². The molecule has 1 aromatic heterocycles. The van der Waals surface area contributed by atoms with Crippen LogP contribution in [0.3, 0.4) is 0 Å². The highest BCUT2D eigenvalue weighted by Gasteiger charge is 2.22. The first kappa shape index (κ1) is 24.4. The van der Waals surface area contributed by atoms with E-state index in [0.29, 0.717) is 0 Å². The van der Waals surface area contributed by atoms with E-state index < -0.39 is 0 Å². The summed E-state index contributed by atoms with van der Waals surface area (Å²) in [7, 11) is 7.74. The number of aliphatic imine (C=N–C) groups is 1. The smallest absolute Gasteiger partial charge is 0.193 e. The maximum atomic E-state index is 5.28. The summed E-state index contributed by atoms with van der Waals surface area (Å²) in [5.41, 5.74) is 2.23. The molecule has 1 saturated heterocycles. The van der Waals surface area contributed by atoms with Crippen LogP contribution in [0.2, 0.25) is 0 Å². The van der Waals surface area contributed by atoms with Gasteiger partial charge in [-0.3, -0.25) is 9.89 Å². The molecule has 0 saturated carbocycles. The summed E-state index contributed by atoms with van der Waals surface area (Å²) in [6.45, 7) is 5.44. The molecular formula is C21H33IN6O2. The zero-order valence-electron chi connectivity index (χ0n) is 18.2. The molecule has 0 bridgehead atoms. The number of ether oxygens (including phenoxy) is 1. The van der Waals surface area contributed by atoms with E-state index in [4.69, 9.17) is 9.26 Å². The SMILES string of the molecule is CN=C(NCC(c1ccc(OC)cc1)N(C)C)N1CCN(Cc2ccon2)CC1.I. The molecule has 9 heteroatoms. The van der Waals surface area contributed by atoms with Crippen molar-refractivity contribution < 1.29 is 9.26 Å². The summed E-state index contributed by atoms with van der Waals surface area (Å²) in [6, 6.07) is 10.4. The molecule has 0 spiro atoms. The van der Waals surface area contributed by atoms with Crippen LogP contribution in [-0.4, -0.2) is 86.8 Å². The molecule has 2 heterocycles. The molecule has 30 heavy (non-hydrogen) atoms. The Bertz CT molecular complexity index is 758. The lowest BCUT2D eigenvalue weighted by atomic mass is 10.1. The number of aromatic nitrogens is 1. The molecule has 0 radical (unpaired) electrons. The number of hydrogen-bond acceptors (Lipinski definition) is 6. The second kappa shape index (κ2) is 12.1.